The number of halogens is 4. The van der Waals surface area contributed by atoms with Crippen molar-refractivity contribution in [2.75, 3.05) is 22.7 Å². The third-order valence-corrected chi connectivity index (χ3v) is 6.20. The quantitative estimate of drug-likeness (QED) is 0.444. The minimum Gasteiger partial charge on any atom is -0.588 e. The Balaban J connectivity index is 1.88. The maximum absolute atomic E-state index is 13.7. The summed E-state index contributed by atoms with van der Waals surface area (Å²) >= 11 is -1.98. The van der Waals surface area contributed by atoms with Crippen LogP contribution in [0.25, 0.3) is 0 Å². The Labute approximate surface area is 201 Å². The second kappa shape index (κ2) is 10.2. The normalized spacial score (nSPS) is 16.6. The zero-order chi connectivity index (χ0) is 26.0. The van der Waals surface area contributed by atoms with Crippen LogP contribution in [-0.2, 0) is 20.9 Å². The van der Waals surface area contributed by atoms with Crippen LogP contribution in [0.5, 0.6) is 5.75 Å². The molecule has 0 bridgehead atoms. The summed E-state index contributed by atoms with van der Waals surface area (Å²) in [5, 5.41) is 4.81. The highest BCUT2D eigenvalue weighted by Gasteiger charge is 2.51. The van der Waals surface area contributed by atoms with Crippen molar-refractivity contribution < 1.29 is 41.2 Å². The maximum Gasteiger partial charge on any atom is 0.427 e. The second-order valence-electron chi connectivity index (χ2n) is 8.03. The Bertz CT molecular complexity index is 1100. The minimum atomic E-state index is -4.79. The summed E-state index contributed by atoms with van der Waals surface area (Å²) in [7, 11) is 0. The van der Waals surface area contributed by atoms with Gasteiger partial charge in [0.25, 0.3) is 0 Å². The minimum absolute atomic E-state index is 0.00852. The highest BCUT2D eigenvalue weighted by molar-refractivity contribution is 7.92. The molecule has 2 amide bonds. The molecule has 0 fully saturated rings. The molecular weight excluding hydrogens is 496 g/mol. The number of alkyl halides is 3. The molecule has 1 aromatic carbocycles. The van der Waals surface area contributed by atoms with Gasteiger partial charge in [-0.15, -0.1) is 0 Å². The number of hydrogen-bond donors (Lipinski definition) is 2. The van der Waals surface area contributed by atoms with Gasteiger partial charge in [-0.1, -0.05) is 0 Å². The molecule has 1 aliphatic heterocycles. The number of aromatic nitrogens is 1. The van der Waals surface area contributed by atoms with Gasteiger partial charge in [-0.2, -0.15) is 17.5 Å². The summed E-state index contributed by atoms with van der Waals surface area (Å²) in [6.45, 7) is 2.82. The van der Waals surface area contributed by atoms with Crippen LogP contribution in [0, 0.1) is 5.82 Å². The van der Waals surface area contributed by atoms with Crippen LogP contribution < -0.4 is 19.7 Å². The number of rotatable bonds is 6. The van der Waals surface area contributed by atoms with E-state index in [0.717, 1.165) is 12.3 Å². The third-order valence-electron chi connectivity index (χ3n) is 4.83. The first-order valence-corrected chi connectivity index (χ1v) is 11.3. The highest BCUT2D eigenvalue weighted by Crippen LogP contribution is 2.39. The van der Waals surface area contributed by atoms with Crippen LogP contribution in [0.15, 0.2) is 41.6 Å². The van der Waals surface area contributed by atoms with E-state index in [1.807, 2.05) is 0 Å². The molecule has 3 rings (SSSR count). The molecule has 9 nitrogen and oxygen atoms in total. The van der Waals surface area contributed by atoms with Crippen molar-refractivity contribution in [2.45, 2.75) is 43.5 Å². The van der Waals surface area contributed by atoms with Crippen LogP contribution >= 0.6 is 0 Å². The topological polar surface area (TPSA) is 116 Å². The average Bonchev–Trinajstić information content (AvgIpc) is 2.75. The zero-order valence-electron chi connectivity index (χ0n) is 18.8. The lowest BCUT2D eigenvalue weighted by molar-refractivity contribution is -0.242. The standard InChI is InChI=1S/C21H22F4N4O5S/c1-12(30)27-9-15-11-29(35(32)16-6-13(22)8-26-10-16)17-7-14(4-5-18(17)33-15)28-19(31)34-20(2,3)21(23,24)25/h4-8,10,15H,9,11H2,1-3H3,(H,27,30)(H,28,31)/t15-,35?/m0/s1. The lowest BCUT2D eigenvalue weighted by Crippen LogP contribution is -2.48. The van der Waals surface area contributed by atoms with Gasteiger partial charge in [-0.05, 0) is 32.0 Å². The maximum atomic E-state index is 13.7. The van der Waals surface area contributed by atoms with E-state index in [2.05, 4.69) is 20.4 Å². The molecule has 14 heteroatoms. The molecule has 0 radical (unpaired) electrons. The highest BCUT2D eigenvalue weighted by atomic mass is 32.2. The molecule has 2 atom stereocenters. The van der Waals surface area contributed by atoms with E-state index < -0.39 is 41.2 Å². The number of ether oxygens (including phenoxy) is 2. The van der Waals surface area contributed by atoms with Gasteiger partial charge in [0, 0.05) is 18.7 Å². The van der Waals surface area contributed by atoms with Gasteiger partial charge < -0.3 is 19.3 Å². The SMILES string of the molecule is CC(=O)NC[C@H]1CN([S+]([O-])c2cncc(F)c2)c2cc(NC(=O)OC(C)(C)C(F)(F)F)ccc2O1. The molecule has 0 aliphatic carbocycles. The van der Waals surface area contributed by atoms with E-state index in [1.165, 1.54) is 35.6 Å². The Morgan fingerprint density at radius 2 is 2.00 bits per heavy atom. The summed E-state index contributed by atoms with van der Waals surface area (Å²) in [5.41, 5.74) is -2.49. The smallest absolute Gasteiger partial charge is 0.427 e. The van der Waals surface area contributed by atoms with Crippen molar-refractivity contribution in [3.63, 3.8) is 0 Å². The number of pyridine rings is 1. The van der Waals surface area contributed by atoms with E-state index in [0.29, 0.717) is 13.8 Å². The lowest BCUT2D eigenvalue weighted by atomic mass is 10.1. The number of hydrogen-bond acceptors (Lipinski definition) is 7. The number of amides is 2. The molecule has 0 saturated carbocycles. The monoisotopic (exact) mass is 518 g/mol. The van der Waals surface area contributed by atoms with Crippen molar-refractivity contribution in [2.24, 2.45) is 0 Å². The Morgan fingerprint density at radius 3 is 2.63 bits per heavy atom. The molecule has 2 aromatic rings. The van der Waals surface area contributed by atoms with Crippen LogP contribution in [0.1, 0.15) is 20.8 Å². The summed E-state index contributed by atoms with van der Waals surface area (Å²) in [5.74, 6) is -0.787. The fourth-order valence-electron chi connectivity index (χ4n) is 2.96. The van der Waals surface area contributed by atoms with Crippen molar-refractivity contribution in [1.82, 2.24) is 10.3 Å². The fourth-order valence-corrected chi connectivity index (χ4v) is 4.20. The van der Waals surface area contributed by atoms with Gasteiger partial charge in [-0.25, -0.2) is 9.18 Å². The van der Waals surface area contributed by atoms with Crippen molar-refractivity contribution in [3.8, 4) is 5.75 Å². The average molecular weight is 518 g/mol. The molecule has 1 aromatic heterocycles. The van der Waals surface area contributed by atoms with Crippen LogP contribution in [-0.4, -0.2) is 52.5 Å². The molecule has 2 N–H and O–H groups in total. The summed E-state index contributed by atoms with van der Waals surface area (Å²) in [6.07, 6.45) is -4.61. The van der Waals surface area contributed by atoms with E-state index in [-0.39, 0.29) is 41.0 Å². The van der Waals surface area contributed by atoms with Crippen molar-refractivity contribution >= 4 is 34.7 Å². The molecule has 190 valence electrons. The van der Waals surface area contributed by atoms with Gasteiger partial charge >= 0.3 is 12.3 Å². The van der Waals surface area contributed by atoms with Gasteiger partial charge in [0.15, 0.2) is 0 Å². The number of carbonyl (C=O) groups excluding carboxylic acids is 2. The van der Waals surface area contributed by atoms with Crippen molar-refractivity contribution in [3.05, 3.63) is 42.5 Å². The second-order valence-corrected chi connectivity index (χ2v) is 9.44. The Morgan fingerprint density at radius 1 is 1.29 bits per heavy atom. The predicted molar refractivity (Wildman–Crippen MR) is 118 cm³/mol. The van der Waals surface area contributed by atoms with Crippen molar-refractivity contribution in [1.29, 1.82) is 0 Å². The first-order valence-electron chi connectivity index (χ1n) is 10.2. The number of carbonyl (C=O) groups is 2. The number of fused-ring (bicyclic) bond motifs is 1. The first kappa shape index (κ1) is 26.3. The largest absolute Gasteiger partial charge is 0.588 e. The molecule has 1 aliphatic rings. The van der Waals surface area contributed by atoms with Crippen LogP contribution in [0.4, 0.5) is 33.7 Å². The van der Waals surface area contributed by atoms with Crippen LogP contribution in [0.3, 0.4) is 0 Å². The zero-order valence-corrected chi connectivity index (χ0v) is 19.6. The van der Waals surface area contributed by atoms with E-state index >= 15 is 0 Å². The fraction of sp³-hybridized carbons (Fsp3) is 0.381. The first-order chi connectivity index (χ1) is 16.3. The van der Waals surface area contributed by atoms with Gasteiger partial charge in [-0.3, -0.25) is 15.1 Å². The summed E-state index contributed by atoms with van der Waals surface area (Å²) in [4.78, 5) is 27.1. The summed E-state index contributed by atoms with van der Waals surface area (Å²) < 4.78 is 77.7. The predicted octanol–water partition coefficient (Wildman–Crippen LogP) is 3.54. The number of benzene rings is 1. The number of anilines is 2. The molecule has 2 heterocycles. The van der Waals surface area contributed by atoms with E-state index in [1.54, 1.807) is 0 Å². The number of nitrogens with one attached hydrogen (secondary N) is 2. The number of nitrogens with zero attached hydrogens (tertiary/aromatic N) is 2. The van der Waals surface area contributed by atoms with E-state index in [9.17, 15) is 31.7 Å². The molecular formula is C21H22F4N4O5S. The summed E-state index contributed by atoms with van der Waals surface area (Å²) in [6, 6.07) is 5.14. The molecule has 0 spiro atoms. The lowest BCUT2D eigenvalue weighted by Gasteiger charge is -2.35. The van der Waals surface area contributed by atoms with E-state index in [4.69, 9.17) is 4.74 Å². The Hall–Kier alpha value is -3.26. The van der Waals surface area contributed by atoms with Gasteiger partial charge in [0.1, 0.15) is 41.3 Å². The van der Waals surface area contributed by atoms with Gasteiger partial charge in [0.05, 0.1) is 18.9 Å². The molecule has 35 heavy (non-hydrogen) atoms. The Kier molecular flexibility index (Phi) is 7.65. The van der Waals surface area contributed by atoms with Gasteiger partial charge in [0.2, 0.25) is 16.4 Å². The third kappa shape index (κ3) is 6.45. The van der Waals surface area contributed by atoms with Crippen LogP contribution in [0.2, 0.25) is 0 Å². The molecule has 0 saturated heterocycles. The molecule has 1 unspecified atom stereocenters.